The van der Waals surface area contributed by atoms with Gasteiger partial charge in [0.25, 0.3) is 0 Å². The number of aliphatic hydroxyl groups excluding tert-OH is 1. The highest BCUT2D eigenvalue weighted by atomic mass is 16.5. The van der Waals surface area contributed by atoms with Crippen LogP contribution in [0.15, 0.2) is 0 Å². The van der Waals surface area contributed by atoms with Crippen LogP contribution in [0.1, 0.15) is 40.0 Å². The number of ether oxygens (including phenoxy) is 1. The molecule has 0 bridgehead atoms. The third-order valence-corrected chi connectivity index (χ3v) is 3.38. The first-order valence-corrected chi connectivity index (χ1v) is 6.61. The van der Waals surface area contributed by atoms with Crippen LogP contribution >= 0.6 is 0 Å². The van der Waals surface area contributed by atoms with Crippen LogP contribution in [-0.2, 0) is 4.74 Å². The van der Waals surface area contributed by atoms with Gasteiger partial charge in [0.1, 0.15) is 0 Å². The predicted molar refractivity (Wildman–Crippen MR) is 66.5 cm³/mol. The van der Waals surface area contributed by atoms with Crippen LogP contribution in [0, 0.1) is 11.8 Å². The fourth-order valence-electron chi connectivity index (χ4n) is 2.73. The molecule has 0 aromatic carbocycles. The molecule has 0 aromatic rings. The number of rotatable bonds is 6. The Balaban J connectivity index is 2.25. The molecule has 0 heterocycles. The van der Waals surface area contributed by atoms with Crippen LogP contribution in [0.3, 0.4) is 0 Å². The molecular weight excluding hydrogens is 202 g/mol. The van der Waals surface area contributed by atoms with Crippen molar-refractivity contribution < 1.29 is 9.84 Å². The van der Waals surface area contributed by atoms with Crippen molar-refractivity contribution in [2.24, 2.45) is 11.8 Å². The maximum Gasteiger partial charge on any atom is 0.0645 e. The molecule has 2 N–H and O–H groups in total. The summed E-state index contributed by atoms with van der Waals surface area (Å²) in [6, 6.07) is 0.0949. The lowest BCUT2D eigenvalue weighted by atomic mass is 9.82. The van der Waals surface area contributed by atoms with Crippen molar-refractivity contribution in [2.75, 3.05) is 19.8 Å². The molecule has 3 nitrogen and oxygen atoms in total. The summed E-state index contributed by atoms with van der Waals surface area (Å²) in [5, 5.41) is 12.4. The van der Waals surface area contributed by atoms with Gasteiger partial charge >= 0.3 is 0 Å². The molecule has 0 aromatic heterocycles. The summed E-state index contributed by atoms with van der Waals surface area (Å²) in [4.78, 5) is 0. The number of hydrogen-bond acceptors (Lipinski definition) is 3. The standard InChI is InChI=1S/C13H27NO2/c1-4-14-12(8-15)9-16-13-6-10(2)5-11(3)7-13/h10-15H,4-9H2,1-3H3. The average Bonchev–Trinajstić information content (AvgIpc) is 2.23. The molecule has 1 rings (SSSR count). The zero-order chi connectivity index (χ0) is 12.0. The number of aliphatic hydroxyl groups is 1. The van der Waals surface area contributed by atoms with Crippen molar-refractivity contribution in [1.29, 1.82) is 0 Å². The van der Waals surface area contributed by atoms with Gasteiger partial charge in [-0.3, -0.25) is 0 Å². The second-order valence-corrected chi connectivity index (χ2v) is 5.31. The molecule has 96 valence electrons. The predicted octanol–water partition coefficient (Wildman–Crippen LogP) is 1.80. The Bertz CT molecular complexity index is 177. The fraction of sp³-hybridized carbons (Fsp3) is 1.00. The number of likely N-dealkylation sites (N-methyl/N-ethyl adjacent to an activating group) is 1. The minimum absolute atomic E-state index is 0.0949. The number of nitrogens with one attached hydrogen (secondary N) is 1. The molecule has 3 atom stereocenters. The van der Waals surface area contributed by atoms with Crippen molar-refractivity contribution in [3.05, 3.63) is 0 Å². The summed E-state index contributed by atoms with van der Waals surface area (Å²) in [6.07, 6.45) is 4.08. The summed E-state index contributed by atoms with van der Waals surface area (Å²) < 4.78 is 5.91. The van der Waals surface area contributed by atoms with Crippen molar-refractivity contribution in [3.63, 3.8) is 0 Å². The SMILES string of the molecule is CCNC(CO)COC1CC(C)CC(C)C1. The Labute approximate surface area is 99.6 Å². The highest BCUT2D eigenvalue weighted by Crippen LogP contribution is 2.30. The second-order valence-electron chi connectivity index (χ2n) is 5.31. The van der Waals surface area contributed by atoms with Gasteiger partial charge in [-0.2, -0.15) is 0 Å². The molecule has 1 saturated carbocycles. The first-order chi connectivity index (χ1) is 7.65. The van der Waals surface area contributed by atoms with Gasteiger partial charge in [-0.05, 0) is 37.6 Å². The minimum atomic E-state index is 0.0949. The van der Waals surface area contributed by atoms with Crippen LogP contribution in [0.4, 0.5) is 0 Å². The van der Waals surface area contributed by atoms with Gasteiger partial charge in [0.15, 0.2) is 0 Å². The van der Waals surface area contributed by atoms with Crippen LogP contribution in [0.25, 0.3) is 0 Å². The van der Waals surface area contributed by atoms with Gasteiger partial charge in [0.2, 0.25) is 0 Å². The van der Waals surface area contributed by atoms with Crippen LogP contribution in [-0.4, -0.2) is 37.0 Å². The van der Waals surface area contributed by atoms with Crippen molar-refractivity contribution >= 4 is 0 Å². The monoisotopic (exact) mass is 229 g/mol. The number of hydrogen-bond donors (Lipinski definition) is 2. The van der Waals surface area contributed by atoms with Crippen LogP contribution in [0.5, 0.6) is 0 Å². The van der Waals surface area contributed by atoms with Crippen molar-refractivity contribution in [3.8, 4) is 0 Å². The molecule has 0 radical (unpaired) electrons. The van der Waals surface area contributed by atoms with E-state index in [1.807, 2.05) is 6.92 Å². The molecule has 1 fully saturated rings. The normalized spacial score (nSPS) is 32.6. The van der Waals surface area contributed by atoms with Crippen LogP contribution in [0.2, 0.25) is 0 Å². The molecule has 0 amide bonds. The molecule has 3 heteroatoms. The van der Waals surface area contributed by atoms with E-state index < -0.39 is 0 Å². The van der Waals surface area contributed by atoms with Gasteiger partial charge in [-0.1, -0.05) is 20.8 Å². The Morgan fingerprint density at radius 3 is 2.38 bits per heavy atom. The summed E-state index contributed by atoms with van der Waals surface area (Å²) in [7, 11) is 0. The Morgan fingerprint density at radius 2 is 1.88 bits per heavy atom. The zero-order valence-corrected chi connectivity index (χ0v) is 10.9. The van der Waals surface area contributed by atoms with Crippen molar-refractivity contribution in [1.82, 2.24) is 5.32 Å². The quantitative estimate of drug-likeness (QED) is 0.730. The Hall–Kier alpha value is -0.120. The fourth-order valence-corrected chi connectivity index (χ4v) is 2.73. The van der Waals surface area contributed by atoms with E-state index in [1.54, 1.807) is 0 Å². The van der Waals surface area contributed by atoms with E-state index in [1.165, 1.54) is 19.3 Å². The third kappa shape index (κ3) is 4.81. The lowest BCUT2D eigenvalue weighted by molar-refractivity contribution is -0.0149. The van der Waals surface area contributed by atoms with Gasteiger partial charge in [0, 0.05) is 0 Å². The Kier molecular flexibility index (Phi) is 6.32. The van der Waals surface area contributed by atoms with E-state index in [0.29, 0.717) is 12.7 Å². The van der Waals surface area contributed by atoms with Gasteiger partial charge < -0.3 is 15.2 Å². The molecule has 1 aliphatic rings. The second kappa shape index (κ2) is 7.25. The topological polar surface area (TPSA) is 41.5 Å². The Morgan fingerprint density at radius 1 is 1.25 bits per heavy atom. The average molecular weight is 229 g/mol. The minimum Gasteiger partial charge on any atom is -0.395 e. The first-order valence-electron chi connectivity index (χ1n) is 6.61. The smallest absolute Gasteiger partial charge is 0.0645 e. The zero-order valence-electron chi connectivity index (χ0n) is 10.9. The summed E-state index contributed by atoms with van der Waals surface area (Å²) in [5.41, 5.74) is 0. The molecule has 0 saturated heterocycles. The highest BCUT2D eigenvalue weighted by Gasteiger charge is 2.24. The maximum absolute atomic E-state index is 9.15. The van der Waals surface area contributed by atoms with E-state index >= 15 is 0 Å². The molecular formula is C13H27NO2. The lowest BCUT2D eigenvalue weighted by Gasteiger charge is -2.32. The summed E-state index contributed by atoms with van der Waals surface area (Å²) in [6.45, 7) is 8.33. The van der Waals surface area contributed by atoms with E-state index in [-0.39, 0.29) is 12.6 Å². The third-order valence-electron chi connectivity index (χ3n) is 3.38. The van der Waals surface area contributed by atoms with Crippen LogP contribution < -0.4 is 5.32 Å². The van der Waals surface area contributed by atoms with E-state index in [0.717, 1.165) is 18.4 Å². The molecule has 16 heavy (non-hydrogen) atoms. The molecule has 1 aliphatic carbocycles. The molecule has 0 spiro atoms. The van der Waals surface area contributed by atoms with E-state index in [4.69, 9.17) is 9.84 Å². The molecule has 3 unspecified atom stereocenters. The van der Waals surface area contributed by atoms with Gasteiger partial charge in [-0.15, -0.1) is 0 Å². The molecule has 0 aliphatic heterocycles. The lowest BCUT2D eigenvalue weighted by Crippen LogP contribution is -2.39. The van der Waals surface area contributed by atoms with E-state index in [2.05, 4.69) is 19.2 Å². The van der Waals surface area contributed by atoms with Gasteiger partial charge in [-0.25, -0.2) is 0 Å². The first kappa shape index (κ1) is 13.9. The van der Waals surface area contributed by atoms with E-state index in [9.17, 15) is 0 Å². The summed E-state index contributed by atoms with van der Waals surface area (Å²) >= 11 is 0. The maximum atomic E-state index is 9.15. The highest BCUT2D eigenvalue weighted by molar-refractivity contribution is 4.76. The largest absolute Gasteiger partial charge is 0.395 e. The van der Waals surface area contributed by atoms with Gasteiger partial charge in [0.05, 0.1) is 25.4 Å². The van der Waals surface area contributed by atoms with Crippen molar-refractivity contribution in [2.45, 2.75) is 52.2 Å². The summed E-state index contributed by atoms with van der Waals surface area (Å²) in [5.74, 6) is 1.56.